The largest absolute Gasteiger partial charge is 0.522 e. The molecule has 0 aromatic heterocycles. The van der Waals surface area contributed by atoms with Gasteiger partial charge in [0, 0.05) is 3.57 Å². The van der Waals surface area contributed by atoms with Crippen molar-refractivity contribution in [3.8, 4) is 0 Å². The third-order valence-electron chi connectivity index (χ3n) is 1.46. The Labute approximate surface area is 117 Å². The van der Waals surface area contributed by atoms with Gasteiger partial charge >= 0.3 is 21.8 Å². The lowest BCUT2D eigenvalue weighted by molar-refractivity contribution is -0.137. The van der Waals surface area contributed by atoms with Crippen LogP contribution in [0.4, 0.5) is 26.3 Å². The SMILES string of the molecule is FC(F)(F)c1ccc(I)cc1.O=S(=O)(O)C(F)(F)F. The molecule has 0 aliphatic heterocycles. The Morgan fingerprint density at radius 1 is 0.947 bits per heavy atom. The Hall–Kier alpha value is -0.560. The van der Waals surface area contributed by atoms with Crippen LogP contribution in [0.1, 0.15) is 5.56 Å². The highest BCUT2D eigenvalue weighted by Gasteiger charge is 2.44. The number of rotatable bonds is 0. The molecule has 19 heavy (non-hydrogen) atoms. The van der Waals surface area contributed by atoms with E-state index in [-0.39, 0.29) is 0 Å². The molecule has 0 atom stereocenters. The van der Waals surface area contributed by atoms with Crippen molar-refractivity contribution in [1.29, 1.82) is 0 Å². The van der Waals surface area contributed by atoms with Crippen LogP contribution in [0.15, 0.2) is 24.3 Å². The van der Waals surface area contributed by atoms with Crippen molar-refractivity contribution in [3.63, 3.8) is 0 Å². The van der Waals surface area contributed by atoms with Crippen molar-refractivity contribution in [2.45, 2.75) is 11.7 Å². The highest BCUT2D eigenvalue weighted by Crippen LogP contribution is 2.29. The van der Waals surface area contributed by atoms with Crippen LogP contribution in [0.3, 0.4) is 0 Å². The van der Waals surface area contributed by atoms with Crippen molar-refractivity contribution in [2.75, 3.05) is 0 Å². The summed E-state index contributed by atoms with van der Waals surface area (Å²) in [6.07, 6.45) is -4.22. The summed E-state index contributed by atoms with van der Waals surface area (Å²) in [5.41, 5.74) is -6.13. The molecule has 0 radical (unpaired) electrons. The van der Waals surface area contributed by atoms with Crippen LogP contribution in [0.5, 0.6) is 0 Å². The number of halogens is 7. The molecule has 0 aliphatic rings. The molecule has 0 unspecified atom stereocenters. The molecule has 0 spiro atoms. The molecular weight excluding hydrogens is 417 g/mol. The predicted octanol–water partition coefficient (Wildman–Crippen LogP) is 3.70. The summed E-state index contributed by atoms with van der Waals surface area (Å²) in [5.74, 6) is 0. The Morgan fingerprint density at radius 3 is 1.47 bits per heavy atom. The zero-order valence-electron chi connectivity index (χ0n) is 8.63. The van der Waals surface area contributed by atoms with E-state index >= 15 is 0 Å². The van der Waals surface area contributed by atoms with Crippen LogP contribution in [0.25, 0.3) is 0 Å². The summed E-state index contributed by atoms with van der Waals surface area (Å²) in [6, 6.07) is 5.01. The first kappa shape index (κ1) is 18.4. The van der Waals surface area contributed by atoms with Gasteiger partial charge in [0.15, 0.2) is 0 Å². The lowest BCUT2D eigenvalue weighted by atomic mass is 10.2. The van der Waals surface area contributed by atoms with Crippen molar-refractivity contribution in [1.82, 2.24) is 0 Å². The van der Waals surface area contributed by atoms with Gasteiger partial charge in [0.1, 0.15) is 0 Å². The van der Waals surface area contributed by atoms with Crippen molar-refractivity contribution >= 4 is 32.7 Å². The molecule has 0 fully saturated rings. The molecule has 1 aromatic rings. The van der Waals surface area contributed by atoms with Gasteiger partial charge in [-0.05, 0) is 46.9 Å². The molecule has 0 heterocycles. The summed E-state index contributed by atoms with van der Waals surface area (Å²) < 4.78 is 94.1. The molecule has 11 heteroatoms. The van der Waals surface area contributed by atoms with Crippen molar-refractivity contribution < 1.29 is 39.3 Å². The van der Waals surface area contributed by atoms with Crippen LogP contribution in [-0.2, 0) is 16.3 Å². The molecular formula is C8H5F6IO3S. The van der Waals surface area contributed by atoms with E-state index in [4.69, 9.17) is 13.0 Å². The van der Waals surface area contributed by atoms with Crippen molar-refractivity contribution in [3.05, 3.63) is 33.4 Å². The standard InChI is InChI=1S/C7H4F3I.CHF3O3S/c8-7(9,10)5-1-3-6(11)4-2-5;2-1(3,4)8(5,6)7/h1-4H;(H,5,6,7). The maximum atomic E-state index is 11.9. The normalized spacial score (nSPS) is 12.6. The maximum absolute atomic E-state index is 11.9. The first-order chi connectivity index (χ1) is 8.25. The van der Waals surface area contributed by atoms with Crippen LogP contribution < -0.4 is 0 Å². The van der Waals surface area contributed by atoms with E-state index in [1.807, 2.05) is 22.6 Å². The molecule has 0 saturated carbocycles. The molecule has 0 saturated heterocycles. The van der Waals surface area contributed by atoms with Crippen LogP contribution in [-0.4, -0.2) is 18.5 Å². The Kier molecular flexibility index (Phi) is 6.08. The second-order valence-corrected chi connectivity index (χ2v) is 5.58. The van der Waals surface area contributed by atoms with E-state index in [0.717, 1.165) is 15.7 Å². The molecule has 1 aromatic carbocycles. The molecule has 0 aliphatic carbocycles. The quantitative estimate of drug-likeness (QED) is 0.300. The van der Waals surface area contributed by atoms with Gasteiger partial charge in [0.25, 0.3) is 0 Å². The minimum Gasteiger partial charge on any atom is -0.279 e. The number of hydrogen-bond acceptors (Lipinski definition) is 2. The Morgan fingerprint density at radius 2 is 1.26 bits per heavy atom. The molecule has 1 rings (SSSR count). The van der Waals surface area contributed by atoms with Crippen LogP contribution >= 0.6 is 22.6 Å². The van der Waals surface area contributed by atoms with Gasteiger partial charge in [-0.2, -0.15) is 34.8 Å². The predicted molar refractivity (Wildman–Crippen MR) is 61.8 cm³/mol. The highest BCUT2D eigenvalue weighted by molar-refractivity contribution is 14.1. The minimum atomic E-state index is -5.84. The lowest BCUT2D eigenvalue weighted by Gasteiger charge is -2.04. The fourth-order valence-electron chi connectivity index (χ4n) is 0.639. The summed E-state index contributed by atoms with van der Waals surface area (Å²) in [5, 5.41) is 0. The Balaban J connectivity index is 0.000000362. The summed E-state index contributed by atoms with van der Waals surface area (Å²) in [4.78, 5) is 0. The summed E-state index contributed by atoms with van der Waals surface area (Å²) in [6.45, 7) is 0. The first-order valence-electron chi connectivity index (χ1n) is 4.11. The monoisotopic (exact) mass is 422 g/mol. The van der Waals surface area contributed by atoms with E-state index in [1.54, 1.807) is 0 Å². The zero-order valence-corrected chi connectivity index (χ0v) is 11.6. The second kappa shape index (κ2) is 6.26. The molecule has 0 amide bonds. The third kappa shape index (κ3) is 6.96. The van der Waals surface area contributed by atoms with E-state index in [9.17, 15) is 26.3 Å². The van der Waals surface area contributed by atoms with Gasteiger partial charge in [0.05, 0.1) is 5.56 Å². The average molecular weight is 422 g/mol. The van der Waals surface area contributed by atoms with Gasteiger partial charge in [-0.25, -0.2) is 0 Å². The number of alkyl halides is 6. The van der Waals surface area contributed by atoms with E-state index in [1.165, 1.54) is 12.1 Å². The second-order valence-electron chi connectivity index (χ2n) is 2.93. The van der Waals surface area contributed by atoms with E-state index in [2.05, 4.69) is 0 Å². The smallest absolute Gasteiger partial charge is 0.279 e. The van der Waals surface area contributed by atoms with E-state index in [0.29, 0.717) is 0 Å². The first-order valence-corrected chi connectivity index (χ1v) is 6.63. The van der Waals surface area contributed by atoms with Crippen LogP contribution in [0, 0.1) is 3.57 Å². The van der Waals surface area contributed by atoms with Gasteiger partial charge in [-0.1, -0.05) is 0 Å². The van der Waals surface area contributed by atoms with Gasteiger partial charge < -0.3 is 0 Å². The number of hydrogen-bond donors (Lipinski definition) is 1. The van der Waals surface area contributed by atoms with E-state index < -0.39 is 27.4 Å². The molecule has 0 bridgehead atoms. The fraction of sp³-hybridized carbons (Fsp3) is 0.250. The molecule has 3 nitrogen and oxygen atoms in total. The Bertz CT molecular complexity index is 505. The van der Waals surface area contributed by atoms with Gasteiger partial charge in [0.2, 0.25) is 0 Å². The average Bonchev–Trinajstić information content (AvgIpc) is 2.14. The summed E-state index contributed by atoms with van der Waals surface area (Å²) in [7, 11) is -5.84. The van der Waals surface area contributed by atoms with Gasteiger partial charge in [-0.3, -0.25) is 4.55 Å². The number of benzene rings is 1. The highest BCUT2D eigenvalue weighted by atomic mass is 127. The summed E-state index contributed by atoms with van der Waals surface area (Å²) >= 11 is 1.96. The zero-order chi connectivity index (χ0) is 15.5. The molecule has 110 valence electrons. The minimum absolute atomic E-state index is 0.599. The lowest BCUT2D eigenvalue weighted by Crippen LogP contribution is -2.21. The maximum Gasteiger partial charge on any atom is 0.522 e. The molecule has 1 N–H and O–H groups in total. The van der Waals surface area contributed by atoms with Crippen molar-refractivity contribution in [2.24, 2.45) is 0 Å². The topological polar surface area (TPSA) is 54.4 Å². The third-order valence-corrected chi connectivity index (χ3v) is 2.77. The van der Waals surface area contributed by atoms with Gasteiger partial charge in [-0.15, -0.1) is 0 Å². The van der Waals surface area contributed by atoms with Crippen LogP contribution in [0.2, 0.25) is 0 Å². The fourth-order valence-corrected chi connectivity index (χ4v) is 0.998.